The molecule has 1 fully saturated rings. The average molecular weight is 384 g/mol. The number of hydrogen-bond acceptors (Lipinski definition) is 3. The van der Waals surface area contributed by atoms with Crippen LogP contribution in [0.3, 0.4) is 0 Å². The van der Waals surface area contributed by atoms with Crippen molar-refractivity contribution in [2.24, 2.45) is 5.92 Å². The summed E-state index contributed by atoms with van der Waals surface area (Å²) in [7, 11) is 0. The standard InChI is InChI=1S/C17H24BrNO2.C2H6/c1-13-8-10-19(12-13)11-9-14-4-6-15(7-5-14)21-16(20)17(2,3)18;1-2/h4-7,13H,8-12H2,1-3H3;1-2H3. The lowest BCUT2D eigenvalue weighted by atomic mass is 10.1. The first kappa shape index (κ1) is 20.2. The molecule has 1 aromatic carbocycles. The van der Waals surface area contributed by atoms with Crippen LogP contribution >= 0.6 is 15.9 Å². The van der Waals surface area contributed by atoms with Gasteiger partial charge < -0.3 is 9.64 Å². The number of carbonyl (C=O) groups is 1. The van der Waals surface area contributed by atoms with Crippen molar-refractivity contribution in [2.45, 2.75) is 51.8 Å². The zero-order chi connectivity index (χ0) is 17.5. The van der Waals surface area contributed by atoms with Crippen molar-refractivity contribution in [3.05, 3.63) is 29.8 Å². The smallest absolute Gasteiger partial charge is 0.327 e. The summed E-state index contributed by atoms with van der Waals surface area (Å²) in [5.74, 6) is 1.16. The summed E-state index contributed by atoms with van der Waals surface area (Å²) in [6, 6.07) is 7.84. The van der Waals surface area contributed by atoms with Crippen LogP contribution in [0.15, 0.2) is 24.3 Å². The number of esters is 1. The molecule has 0 amide bonds. The van der Waals surface area contributed by atoms with Crippen LogP contribution in [0.5, 0.6) is 5.75 Å². The van der Waals surface area contributed by atoms with Gasteiger partial charge in [-0.15, -0.1) is 0 Å². The van der Waals surface area contributed by atoms with Crippen LogP contribution in [0.1, 0.15) is 46.6 Å². The number of rotatable bonds is 5. The number of nitrogens with zero attached hydrogens (tertiary/aromatic N) is 1. The summed E-state index contributed by atoms with van der Waals surface area (Å²) in [5, 5.41) is 0. The van der Waals surface area contributed by atoms with Crippen LogP contribution in [0.25, 0.3) is 0 Å². The highest BCUT2D eigenvalue weighted by Gasteiger charge is 2.26. The SMILES string of the molecule is CC.CC1CCN(CCc2ccc(OC(=O)C(C)(C)Br)cc2)C1. The fourth-order valence-electron chi connectivity index (χ4n) is 2.47. The summed E-state index contributed by atoms with van der Waals surface area (Å²) in [5.41, 5.74) is 1.28. The number of halogens is 1. The number of benzene rings is 1. The Bertz CT molecular complexity index is 479. The quantitative estimate of drug-likeness (QED) is 0.420. The molecule has 1 aliphatic rings. The molecule has 1 unspecified atom stereocenters. The molecule has 1 heterocycles. The summed E-state index contributed by atoms with van der Waals surface area (Å²) in [6.45, 7) is 13.4. The van der Waals surface area contributed by atoms with Gasteiger partial charge in [-0.05, 0) is 56.8 Å². The van der Waals surface area contributed by atoms with Crippen LogP contribution < -0.4 is 4.74 Å². The molecule has 4 heteroatoms. The van der Waals surface area contributed by atoms with Gasteiger partial charge in [0.1, 0.15) is 10.1 Å². The average Bonchev–Trinajstić information content (AvgIpc) is 2.93. The summed E-state index contributed by atoms with van der Waals surface area (Å²) >= 11 is 3.30. The summed E-state index contributed by atoms with van der Waals surface area (Å²) < 4.78 is 4.67. The minimum absolute atomic E-state index is 0.277. The minimum Gasteiger partial charge on any atom is -0.426 e. The van der Waals surface area contributed by atoms with E-state index in [1.54, 1.807) is 13.8 Å². The van der Waals surface area contributed by atoms with E-state index < -0.39 is 4.32 Å². The van der Waals surface area contributed by atoms with E-state index in [-0.39, 0.29) is 5.97 Å². The molecule has 1 atom stereocenters. The number of likely N-dealkylation sites (tertiary alicyclic amines) is 1. The Kier molecular flexibility index (Phi) is 8.27. The molecule has 1 aromatic rings. The van der Waals surface area contributed by atoms with Gasteiger partial charge in [-0.2, -0.15) is 0 Å². The maximum Gasteiger partial charge on any atom is 0.327 e. The highest BCUT2D eigenvalue weighted by atomic mass is 79.9. The maximum atomic E-state index is 11.8. The minimum atomic E-state index is -0.655. The van der Waals surface area contributed by atoms with Gasteiger partial charge in [-0.25, -0.2) is 0 Å². The van der Waals surface area contributed by atoms with Gasteiger partial charge in [0.25, 0.3) is 0 Å². The summed E-state index contributed by atoms with van der Waals surface area (Å²) in [4.78, 5) is 14.3. The van der Waals surface area contributed by atoms with Crippen molar-refractivity contribution >= 4 is 21.9 Å². The molecule has 0 N–H and O–H groups in total. The van der Waals surface area contributed by atoms with Gasteiger partial charge in [0.2, 0.25) is 0 Å². The monoisotopic (exact) mass is 383 g/mol. The highest BCUT2D eigenvalue weighted by Crippen LogP contribution is 2.21. The van der Waals surface area contributed by atoms with Gasteiger partial charge in [-0.3, -0.25) is 4.79 Å². The third-order valence-corrected chi connectivity index (χ3v) is 4.17. The Balaban J connectivity index is 0.00000127. The molecular formula is C19H30BrNO2. The van der Waals surface area contributed by atoms with Gasteiger partial charge in [-0.1, -0.05) is 48.8 Å². The second-order valence-corrected chi connectivity index (χ2v) is 8.43. The maximum absolute atomic E-state index is 11.8. The molecule has 2 rings (SSSR count). The van der Waals surface area contributed by atoms with Gasteiger partial charge in [0.15, 0.2) is 0 Å². The van der Waals surface area contributed by atoms with Crippen LogP contribution in [-0.2, 0) is 11.2 Å². The van der Waals surface area contributed by atoms with E-state index in [2.05, 4.69) is 27.8 Å². The fourth-order valence-corrected chi connectivity index (χ4v) is 2.55. The van der Waals surface area contributed by atoms with Crippen molar-refractivity contribution in [1.82, 2.24) is 4.90 Å². The first-order valence-corrected chi connectivity index (χ1v) is 9.36. The van der Waals surface area contributed by atoms with Crippen LogP contribution in [0.2, 0.25) is 0 Å². The van der Waals surface area contributed by atoms with Crippen LogP contribution in [0.4, 0.5) is 0 Å². The van der Waals surface area contributed by atoms with Crippen LogP contribution in [-0.4, -0.2) is 34.8 Å². The second-order valence-electron chi connectivity index (χ2n) is 6.45. The molecule has 0 aliphatic carbocycles. The van der Waals surface area contributed by atoms with Crippen molar-refractivity contribution in [3.63, 3.8) is 0 Å². The number of ether oxygens (including phenoxy) is 1. The first-order chi connectivity index (χ1) is 10.8. The molecule has 23 heavy (non-hydrogen) atoms. The van der Waals surface area contributed by atoms with E-state index in [1.165, 1.54) is 25.1 Å². The molecule has 1 aliphatic heterocycles. The van der Waals surface area contributed by atoms with Crippen molar-refractivity contribution in [2.75, 3.05) is 19.6 Å². The largest absolute Gasteiger partial charge is 0.426 e. The fraction of sp³-hybridized carbons (Fsp3) is 0.632. The summed E-state index contributed by atoms with van der Waals surface area (Å²) in [6.07, 6.45) is 2.36. The number of hydrogen-bond donors (Lipinski definition) is 0. The first-order valence-electron chi connectivity index (χ1n) is 8.57. The van der Waals surface area contributed by atoms with Crippen LogP contribution in [0, 0.1) is 5.92 Å². The molecule has 130 valence electrons. The lowest BCUT2D eigenvalue weighted by Crippen LogP contribution is -2.29. The van der Waals surface area contributed by atoms with Gasteiger partial charge >= 0.3 is 5.97 Å². The topological polar surface area (TPSA) is 29.5 Å². The molecule has 0 spiro atoms. The highest BCUT2D eigenvalue weighted by molar-refractivity contribution is 9.10. The van der Waals surface area contributed by atoms with E-state index >= 15 is 0 Å². The lowest BCUT2D eigenvalue weighted by molar-refractivity contribution is -0.136. The zero-order valence-corrected chi connectivity index (χ0v) is 16.6. The Morgan fingerprint density at radius 3 is 2.39 bits per heavy atom. The predicted molar refractivity (Wildman–Crippen MR) is 100 cm³/mol. The lowest BCUT2D eigenvalue weighted by Gasteiger charge is -2.16. The van der Waals surface area contributed by atoms with E-state index in [0.717, 1.165) is 18.9 Å². The van der Waals surface area contributed by atoms with Crippen molar-refractivity contribution < 1.29 is 9.53 Å². The van der Waals surface area contributed by atoms with E-state index in [0.29, 0.717) is 5.75 Å². The van der Waals surface area contributed by atoms with Gasteiger partial charge in [0.05, 0.1) is 0 Å². The third-order valence-electron chi connectivity index (χ3n) is 3.84. The van der Waals surface area contributed by atoms with E-state index in [4.69, 9.17) is 4.74 Å². The second kappa shape index (κ2) is 9.43. The molecular weight excluding hydrogens is 354 g/mol. The number of carbonyl (C=O) groups excluding carboxylic acids is 1. The third kappa shape index (κ3) is 7.05. The zero-order valence-electron chi connectivity index (χ0n) is 15.1. The molecule has 0 saturated carbocycles. The van der Waals surface area contributed by atoms with E-state index in [9.17, 15) is 4.79 Å². The molecule has 0 radical (unpaired) electrons. The van der Waals surface area contributed by atoms with E-state index in [1.807, 2.05) is 38.1 Å². The predicted octanol–water partition coefficient (Wildman–Crippen LogP) is 4.68. The Morgan fingerprint density at radius 2 is 1.91 bits per heavy atom. The molecule has 3 nitrogen and oxygen atoms in total. The number of alkyl halides is 1. The molecule has 0 aromatic heterocycles. The Morgan fingerprint density at radius 1 is 1.30 bits per heavy atom. The Hall–Kier alpha value is -0.870. The normalized spacial score (nSPS) is 18.3. The van der Waals surface area contributed by atoms with Gasteiger partial charge in [0, 0.05) is 13.1 Å². The van der Waals surface area contributed by atoms with Crippen molar-refractivity contribution in [3.8, 4) is 5.75 Å². The molecule has 1 saturated heterocycles. The van der Waals surface area contributed by atoms with Crippen molar-refractivity contribution in [1.29, 1.82) is 0 Å². The Labute approximate surface area is 149 Å². The molecule has 0 bridgehead atoms.